The standard InChI is InChI=1S/C18H19NO4S/c1-22-17(20)13-11-24-14-8-4-3-7-12(14)16(15(13)18(21)23-2)19-9-5-6-10-19/h3-4,7-8,11H,5-6,9-10H2,1-2H3. The summed E-state index contributed by atoms with van der Waals surface area (Å²) in [5, 5.41) is 1.68. The average molecular weight is 345 g/mol. The Morgan fingerprint density at radius 3 is 2.38 bits per heavy atom. The first-order valence-corrected chi connectivity index (χ1v) is 8.67. The zero-order valence-electron chi connectivity index (χ0n) is 13.7. The molecule has 24 heavy (non-hydrogen) atoms. The van der Waals surface area contributed by atoms with Gasteiger partial charge < -0.3 is 14.4 Å². The van der Waals surface area contributed by atoms with Gasteiger partial charge in [-0.15, -0.1) is 0 Å². The Labute approximate surface area is 145 Å². The van der Waals surface area contributed by atoms with Gasteiger partial charge in [0.15, 0.2) is 0 Å². The summed E-state index contributed by atoms with van der Waals surface area (Å²) in [4.78, 5) is 28.0. The van der Waals surface area contributed by atoms with Crippen molar-refractivity contribution in [1.29, 1.82) is 0 Å². The van der Waals surface area contributed by atoms with Crippen LogP contribution in [0.1, 0.15) is 18.4 Å². The van der Waals surface area contributed by atoms with Crippen molar-refractivity contribution < 1.29 is 19.1 Å². The molecule has 0 aromatic heterocycles. The number of rotatable bonds is 3. The second kappa shape index (κ2) is 7.13. The van der Waals surface area contributed by atoms with Crippen LogP contribution in [0.25, 0.3) is 5.70 Å². The summed E-state index contributed by atoms with van der Waals surface area (Å²) in [5.41, 5.74) is 2.23. The summed E-state index contributed by atoms with van der Waals surface area (Å²) in [6, 6.07) is 7.85. The van der Waals surface area contributed by atoms with Gasteiger partial charge in [-0.25, -0.2) is 9.59 Å². The highest BCUT2D eigenvalue weighted by molar-refractivity contribution is 8.02. The molecule has 1 fully saturated rings. The first kappa shape index (κ1) is 16.6. The Morgan fingerprint density at radius 2 is 1.71 bits per heavy atom. The van der Waals surface area contributed by atoms with Gasteiger partial charge in [-0.1, -0.05) is 30.0 Å². The van der Waals surface area contributed by atoms with Crippen molar-refractivity contribution >= 4 is 29.4 Å². The van der Waals surface area contributed by atoms with Crippen LogP contribution in [0.4, 0.5) is 0 Å². The molecule has 0 amide bonds. The summed E-state index contributed by atoms with van der Waals surface area (Å²) < 4.78 is 9.89. The molecule has 0 aliphatic carbocycles. The van der Waals surface area contributed by atoms with Crippen LogP contribution in [-0.2, 0) is 19.1 Å². The maximum atomic E-state index is 12.6. The molecule has 126 valence electrons. The van der Waals surface area contributed by atoms with Crippen molar-refractivity contribution in [2.75, 3.05) is 27.3 Å². The Balaban J connectivity index is 2.28. The van der Waals surface area contributed by atoms with E-state index in [4.69, 9.17) is 9.47 Å². The molecule has 1 aromatic carbocycles. The van der Waals surface area contributed by atoms with Crippen LogP contribution in [0, 0.1) is 0 Å². The molecule has 2 aliphatic rings. The third-order valence-corrected chi connectivity index (χ3v) is 5.13. The lowest BCUT2D eigenvalue weighted by molar-refractivity contribution is -0.139. The first-order chi connectivity index (χ1) is 11.7. The van der Waals surface area contributed by atoms with Crippen molar-refractivity contribution in [3.8, 4) is 0 Å². The maximum Gasteiger partial charge on any atom is 0.340 e. The Kier molecular flexibility index (Phi) is 4.94. The second-order valence-corrected chi connectivity index (χ2v) is 6.46. The number of carbonyl (C=O) groups is 2. The number of methoxy groups -OCH3 is 2. The molecule has 0 unspecified atom stereocenters. The van der Waals surface area contributed by atoms with Crippen LogP contribution in [0.5, 0.6) is 0 Å². The molecule has 0 N–H and O–H groups in total. The lowest BCUT2D eigenvalue weighted by atomic mass is 9.99. The number of esters is 2. The molecule has 0 bridgehead atoms. The lowest BCUT2D eigenvalue weighted by Crippen LogP contribution is -2.25. The zero-order chi connectivity index (χ0) is 17.1. The van der Waals surface area contributed by atoms with Gasteiger partial charge in [-0.3, -0.25) is 0 Å². The SMILES string of the molecule is COC(=O)C1=CSc2ccccc2C(N2CCCC2)=C1C(=O)OC. The number of hydrogen-bond acceptors (Lipinski definition) is 6. The summed E-state index contributed by atoms with van der Waals surface area (Å²) in [5.74, 6) is -1.06. The van der Waals surface area contributed by atoms with E-state index in [1.54, 1.807) is 5.41 Å². The minimum atomic E-state index is -0.535. The van der Waals surface area contributed by atoms with Crippen molar-refractivity contribution in [3.63, 3.8) is 0 Å². The van der Waals surface area contributed by atoms with Crippen LogP contribution in [0.15, 0.2) is 45.7 Å². The highest BCUT2D eigenvalue weighted by atomic mass is 32.2. The molecule has 0 saturated carbocycles. The fraction of sp³-hybridized carbons (Fsp3) is 0.333. The van der Waals surface area contributed by atoms with Crippen LogP contribution < -0.4 is 0 Å². The minimum absolute atomic E-state index is 0.243. The van der Waals surface area contributed by atoms with Crippen LogP contribution in [-0.4, -0.2) is 44.1 Å². The van der Waals surface area contributed by atoms with Gasteiger partial charge in [0.2, 0.25) is 0 Å². The van der Waals surface area contributed by atoms with Crippen molar-refractivity contribution in [1.82, 2.24) is 4.90 Å². The lowest BCUT2D eigenvalue weighted by Gasteiger charge is -2.25. The van der Waals surface area contributed by atoms with Crippen LogP contribution >= 0.6 is 11.8 Å². The van der Waals surface area contributed by atoms with Crippen molar-refractivity contribution in [3.05, 3.63) is 46.4 Å². The van der Waals surface area contributed by atoms with Crippen molar-refractivity contribution in [2.24, 2.45) is 0 Å². The maximum absolute atomic E-state index is 12.6. The molecule has 0 atom stereocenters. The van der Waals surface area contributed by atoms with Gasteiger partial charge in [0.05, 0.1) is 31.1 Å². The molecular weight excluding hydrogens is 326 g/mol. The highest BCUT2D eigenvalue weighted by Crippen LogP contribution is 2.40. The monoisotopic (exact) mass is 345 g/mol. The first-order valence-electron chi connectivity index (χ1n) is 7.79. The van der Waals surface area contributed by atoms with Crippen molar-refractivity contribution in [2.45, 2.75) is 17.7 Å². The number of hydrogen-bond donors (Lipinski definition) is 0. The molecule has 6 heteroatoms. The number of ether oxygens (including phenoxy) is 2. The van der Waals surface area contributed by atoms with Gasteiger partial charge in [0.25, 0.3) is 0 Å². The van der Waals surface area contributed by atoms with Gasteiger partial charge in [-0.2, -0.15) is 0 Å². The summed E-state index contributed by atoms with van der Waals surface area (Å²) in [6.45, 7) is 1.70. The molecule has 0 radical (unpaired) electrons. The molecule has 1 saturated heterocycles. The Morgan fingerprint density at radius 1 is 1.04 bits per heavy atom. The number of likely N-dealkylation sites (tertiary alicyclic amines) is 1. The van der Waals surface area contributed by atoms with E-state index >= 15 is 0 Å². The van der Waals surface area contributed by atoms with Crippen LogP contribution in [0.3, 0.4) is 0 Å². The van der Waals surface area contributed by atoms with E-state index in [0.717, 1.165) is 42.1 Å². The minimum Gasteiger partial charge on any atom is -0.465 e. The quantitative estimate of drug-likeness (QED) is 0.785. The molecule has 1 aromatic rings. The van der Waals surface area contributed by atoms with E-state index in [9.17, 15) is 9.59 Å². The Bertz CT molecular complexity index is 732. The molecule has 5 nitrogen and oxygen atoms in total. The third-order valence-electron chi connectivity index (χ3n) is 4.17. The Hall–Kier alpha value is -2.21. The second-order valence-electron chi connectivity index (χ2n) is 5.55. The van der Waals surface area contributed by atoms with Gasteiger partial charge in [0.1, 0.15) is 0 Å². The predicted octanol–water partition coefficient (Wildman–Crippen LogP) is 2.83. The fourth-order valence-electron chi connectivity index (χ4n) is 3.05. The van der Waals surface area contributed by atoms with E-state index in [2.05, 4.69) is 4.90 Å². The smallest absolute Gasteiger partial charge is 0.340 e. The third kappa shape index (κ3) is 2.94. The van der Waals surface area contributed by atoms with E-state index in [0.29, 0.717) is 0 Å². The number of fused-ring (bicyclic) bond motifs is 1. The zero-order valence-corrected chi connectivity index (χ0v) is 14.5. The fourth-order valence-corrected chi connectivity index (χ4v) is 3.95. The number of thioether (sulfide) groups is 1. The largest absolute Gasteiger partial charge is 0.465 e. The molecule has 2 heterocycles. The van der Waals surface area contributed by atoms with Gasteiger partial charge >= 0.3 is 11.9 Å². The van der Waals surface area contributed by atoms with E-state index in [1.807, 2.05) is 24.3 Å². The number of benzene rings is 1. The number of nitrogens with zero attached hydrogens (tertiary/aromatic N) is 1. The van der Waals surface area contributed by atoms with Gasteiger partial charge in [0, 0.05) is 23.5 Å². The summed E-state index contributed by atoms with van der Waals surface area (Å²) in [7, 11) is 2.64. The molecule has 3 rings (SSSR count). The molecule has 2 aliphatic heterocycles. The summed E-state index contributed by atoms with van der Waals surface area (Å²) >= 11 is 1.42. The van der Waals surface area contributed by atoms with Crippen LogP contribution in [0.2, 0.25) is 0 Å². The molecular formula is C18H19NO4S. The highest BCUT2D eigenvalue weighted by Gasteiger charge is 2.33. The number of carbonyl (C=O) groups excluding carboxylic acids is 2. The summed E-state index contributed by atoms with van der Waals surface area (Å²) in [6.07, 6.45) is 2.12. The average Bonchev–Trinajstić information content (AvgIpc) is 3.08. The normalized spacial score (nSPS) is 17.1. The molecule has 0 spiro atoms. The predicted molar refractivity (Wildman–Crippen MR) is 92.1 cm³/mol. The van der Waals surface area contributed by atoms with E-state index in [1.165, 1.54) is 26.0 Å². The topological polar surface area (TPSA) is 55.8 Å². The van der Waals surface area contributed by atoms with Gasteiger partial charge in [-0.05, 0) is 24.3 Å². The van der Waals surface area contributed by atoms with E-state index < -0.39 is 11.9 Å². The van der Waals surface area contributed by atoms with E-state index in [-0.39, 0.29) is 11.1 Å².